The van der Waals surface area contributed by atoms with Gasteiger partial charge in [-0.25, -0.2) is 0 Å². The lowest BCUT2D eigenvalue weighted by molar-refractivity contribution is 0.101. The first-order valence-corrected chi connectivity index (χ1v) is 5.96. The van der Waals surface area contributed by atoms with Crippen LogP contribution >= 0.6 is 0 Å². The Balaban J connectivity index is 2.12. The number of carbonyl (C=O) groups excluding carboxylic acids is 1. The van der Waals surface area contributed by atoms with Gasteiger partial charge in [-0.3, -0.25) is 4.79 Å². The maximum atomic E-state index is 11.2. The molecule has 0 bridgehead atoms. The Morgan fingerprint density at radius 1 is 1.41 bits per heavy atom. The number of carbonyl (C=O) groups is 1. The monoisotopic (exact) mass is 228 g/mol. The van der Waals surface area contributed by atoms with Crippen LogP contribution in [-0.4, -0.2) is 18.9 Å². The summed E-state index contributed by atoms with van der Waals surface area (Å²) in [6.45, 7) is 3.37. The number of ketones is 1. The van der Waals surface area contributed by atoms with Crippen molar-refractivity contribution in [1.82, 2.24) is 0 Å². The molecule has 88 valence electrons. The molecule has 3 nitrogen and oxygen atoms in total. The number of hydrogen-bond donors (Lipinski definition) is 0. The number of rotatable bonds is 2. The van der Waals surface area contributed by atoms with Gasteiger partial charge in [0.25, 0.3) is 0 Å². The average molecular weight is 228 g/mol. The van der Waals surface area contributed by atoms with Gasteiger partial charge in [-0.2, -0.15) is 5.26 Å². The minimum atomic E-state index is 0.0881. The van der Waals surface area contributed by atoms with Crippen molar-refractivity contribution >= 4 is 11.5 Å². The van der Waals surface area contributed by atoms with Gasteiger partial charge in [-0.15, -0.1) is 0 Å². The highest BCUT2D eigenvalue weighted by Gasteiger charge is 2.19. The average Bonchev–Trinajstić information content (AvgIpc) is 2.39. The normalized spacial score (nSPS) is 19.8. The first-order valence-electron chi connectivity index (χ1n) is 5.96. The maximum Gasteiger partial charge on any atom is 0.159 e. The van der Waals surface area contributed by atoms with Crippen LogP contribution in [0.15, 0.2) is 24.3 Å². The van der Waals surface area contributed by atoms with Crippen LogP contribution in [0.4, 0.5) is 5.69 Å². The van der Waals surface area contributed by atoms with Crippen molar-refractivity contribution in [3.8, 4) is 6.07 Å². The standard InChI is InChI=1S/C14H16N2O/c1-11(17)13-4-6-14(7-5-13)16-8-2-3-12(9-15)10-16/h4-7,12H,2-3,8,10H2,1H3. The molecule has 0 saturated carbocycles. The van der Waals surface area contributed by atoms with Crippen LogP contribution in [0.2, 0.25) is 0 Å². The lowest BCUT2D eigenvalue weighted by Gasteiger charge is -2.31. The smallest absolute Gasteiger partial charge is 0.159 e. The first-order chi connectivity index (χ1) is 8.20. The summed E-state index contributed by atoms with van der Waals surface area (Å²) < 4.78 is 0. The molecule has 0 radical (unpaired) electrons. The Labute approximate surface area is 102 Å². The molecule has 1 saturated heterocycles. The molecule has 1 aromatic carbocycles. The van der Waals surface area contributed by atoms with Gasteiger partial charge < -0.3 is 4.90 Å². The van der Waals surface area contributed by atoms with Crippen LogP contribution in [0.5, 0.6) is 0 Å². The van der Waals surface area contributed by atoms with Gasteiger partial charge in [-0.05, 0) is 44.0 Å². The van der Waals surface area contributed by atoms with E-state index in [1.807, 2.05) is 24.3 Å². The summed E-state index contributed by atoms with van der Waals surface area (Å²) in [5, 5.41) is 8.95. The maximum absolute atomic E-state index is 11.2. The van der Waals surface area contributed by atoms with E-state index < -0.39 is 0 Å². The molecule has 0 amide bonds. The number of anilines is 1. The van der Waals surface area contributed by atoms with Crippen molar-refractivity contribution in [2.24, 2.45) is 5.92 Å². The summed E-state index contributed by atoms with van der Waals surface area (Å²) in [6, 6.07) is 9.98. The molecule has 1 aliphatic heterocycles. The highest BCUT2D eigenvalue weighted by atomic mass is 16.1. The molecule has 1 unspecified atom stereocenters. The molecular formula is C14H16N2O. The van der Waals surface area contributed by atoms with E-state index in [1.54, 1.807) is 6.92 Å². The third-order valence-electron chi connectivity index (χ3n) is 3.24. The number of Topliss-reactive ketones (excluding diaryl/α,β-unsaturated/α-hetero) is 1. The minimum absolute atomic E-state index is 0.0881. The van der Waals surface area contributed by atoms with E-state index in [0.29, 0.717) is 0 Å². The fourth-order valence-electron chi connectivity index (χ4n) is 2.22. The van der Waals surface area contributed by atoms with Crippen molar-refractivity contribution in [3.05, 3.63) is 29.8 Å². The van der Waals surface area contributed by atoms with Crippen LogP contribution in [-0.2, 0) is 0 Å². The zero-order valence-corrected chi connectivity index (χ0v) is 10.0. The van der Waals surface area contributed by atoms with Gasteiger partial charge >= 0.3 is 0 Å². The number of benzene rings is 1. The van der Waals surface area contributed by atoms with E-state index in [9.17, 15) is 4.79 Å². The largest absolute Gasteiger partial charge is 0.370 e. The van der Waals surface area contributed by atoms with Crippen LogP contribution in [0.1, 0.15) is 30.1 Å². The molecule has 1 heterocycles. The highest BCUT2D eigenvalue weighted by molar-refractivity contribution is 5.94. The molecule has 0 N–H and O–H groups in total. The Hall–Kier alpha value is -1.82. The summed E-state index contributed by atoms with van der Waals surface area (Å²) in [5.74, 6) is 0.223. The second-order valence-corrected chi connectivity index (χ2v) is 4.52. The quantitative estimate of drug-likeness (QED) is 0.731. The Morgan fingerprint density at radius 2 is 2.12 bits per heavy atom. The first kappa shape index (κ1) is 11.7. The van der Waals surface area contributed by atoms with E-state index in [4.69, 9.17) is 5.26 Å². The van der Waals surface area contributed by atoms with E-state index in [1.165, 1.54) is 0 Å². The predicted molar refractivity (Wildman–Crippen MR) is 67.0 cm³/mol. The summed E-state index contributed by atoms with van der Waals surface area (Å²) in [7, 11) is 0. The number of nitrogens with zero attached hydrogens (tertiary/aromatic N) is 2. The molecule has 1 atom stereocenters. The zero-order chi connectivity index (χ0) is 12.3. The van der Waals surface area contributed by atoms with Gasteiger partial charge in [0, 0.05) is 24.3 Å². The second-order valence-electron chi connectivity index (χ2n) is 4.52. The van der Waals surface area contributed by atoms with Gasteiger partial charge in [0.2, 0.25) is 0 Å². The topological polar surface area (TPSA) is 44.1 Å². The van der Waals surface area contributed by atoms with E-state index in [0.717, 1.165) is 37.2 Å². The van der Waals surface area contributed by atoms with Crippen molar-refractivity contribution in [3.63, 3.8) is 0 Å². The molecule has 17 heavy (non-hydrogen) atoms. The number of hydrogen-bond acceptors (Lipinski definition) is 3. The molecular weight excluding hydrogens is 212 g/mol. The molecule has 1 aliphatic rings. The molecule has 2 rings (SSSR count). The van der Waals surface area contributed by atoms with Crippen LogP contribution in [0.3, 0.4) is 0 Å². The molecule has 0 aromatic heterocycles. The zero-order valence-electron chi connectivity index (χ0n) is 10.0. The summed E-state index contributed by atoms with van der Waals surface area (Å²) in [4.78, 5) is 13.4. The van der Waals surface area contributed by atoms with Crippen molar-refractivity contribution in [2.75, 3.05) is 18.0 Å². The minimum Gasteiger partial charge on any atom is -0.370 e. The third-order valence-corrected chi connectivity index (χ3v) is 3.24. The fourth-order valence-corrected chi connectivity index (χ4v) is 2.22. The number of piperidine rings is 1. The fraction of sp³-hybridized carbons (Fsp3) is 0.429. The summed E-state index contributed by atoms with van der Waals surface area (Å²) >= 11 is 0. The molecule has 0 aliphatic carbocycles. The van der Waals surface area contributed by atoms with Crippen molar-refractivity contribution < 1.29 is 4.79 Å². The van der Waals surface area contributed by atoms with Gasteiger partial charge in [0.05, 0.1) is 12.0 Å². The molecule has 1 fully saturated rings. The van der Waals surface area contributed by atoms with Crippen molar-refractivity contribution in [2.45, 2.75) is 19.8 Å². The summed E-state index contributed by atoms with van der Waals surface area (Å²) in [5.41, 5.74) is 1.84. The highest BCUT2D eigenvalue weighted by Crippen LogP contribution is 2.23. The lowest BCUT2D eigenvalue weighted by Crippen LogP contribution is -2.34. The Bertz CT molecular complexity index is 444. The number of nitriles is 1. The lowest BCUT2D eigenvalue weighted by atomic mass is 9.99. The Kier molecular flexibility index (Phi) is 3.43. The van der Waals surface area contributed by atoms with E-state index >= 15 is 0 Å². The molecule has 3 heteroatoms. The predicted octanol–water partition coefficient (Wildman–Crippen LogP) is 2.63. The van der Waals surface area contributed by atoms with Crippen LogP contribution < -0.4 is 4.90 Å². The molecule has 1 aromatic rings. The molecule has 0 spiro atoms. The SMILES string of the molecule is CC(=O)c1ccc(N2CCCC(C#N)C2)cc1. The van der Waals surface area contributed by atoms with Gasteiger partial charge in [0.1, 0.15) is 0 Å². The van der Waals surface area contributed by atoms with E-state index in [2.05, 4.69) is 11.0 Å². The third kappa shape index (κ3) is 2.65. The van der Waals surface area contributed by atoms with Crippen molar-refractivity contribution in [1.29, 1.82) is 5.26 Å². The Morgan fingerprint density at radius 3 is 2.71 bits per heavy atom. The van der Waals surface area contributed by atoms with Gasteiger partial charge in [-0.1, -0.05) is 0 Å². The van der Waals surface area contributed by atoms with Gasteiger partial charge in [0.15, 0.2) is 5.78 Å². The van der Waals surface area contributed by atoms with E-state index in [-0.39, 0.29) is 11.7 Å². The second kappa shape index (κ2) is 5.01. The van der Waals surface area contributed by atoms with Crippen LogP contribution in [0, 0.1) is 17.2 Å². The van der Waals surface area contributed by atoms with Crippen LogP contribution in [0.25, 0.3) is 0 Å². The summed E-state index contributed by atoms with van der Waals surface area (Å²) in [6.07, 6.45) is 2.06.